The molecule has 5 atom stereocenters. The molecule has 0 aliphatic heterocycles. The van der Waals surface area contributed by atoms with Gasteiger partial charge in [-0.3, -0.25) is 9.59 Å². The Morgan fingerprint density at radius 1 is 1.26 bits per heavy atom. The molecular formula is C13H21NO5. The van der Waals surface area contributed by atoms with Crippen molar-refractivity contribution < 1.29 is 23.8 Å². The van der Waals surface area contributed by atoms with E-state index in [1.165, 1.54) is 0 Å². The van der Waals surface area contributed by atoms with Gasteiger partial charge in [0.1, 0.15) is 5.54 Å². The fourth-order valence-corrected chi connectivity index (χ4v) is 3.33. The summed E-state index contributed by atoms with van der Waals surface area (Å²) in [6.07, 6.45) is 0.210. The van der Waals surface area contributed by atoms with Crippen molar-refractivity contribution in [3.8, 4) is 0 Å². The molecule has 6 nitrogen and oxygen atoms in total. The maximum Gasteiger partial charge on any atom is 0.326 e. The molecule has 5 unspecified atom stereocenters. The van der Waals surface area contributed by atoms with Crippen LogP contribution < -0.4 is 5.73 Å². The summed E-state index contributed by atoms with van der Waals surface area (Å²) in [6.45, 7) is 4.09. The lowest BCUT2D eigenvalue weighted by Crippen LogP contribution is -2.51. The Hall–Kier alpha value is -1.14. The van der Waals surface area contributed by atoms with E-state index in [0.29, 0.717) is 13.0 Å². The van der Waals surface area contributed by atoms with Crippen LogP contribution in [0.2, 0.25) is 0 Å². The standard InChI is InChI=1S/C13H21NO5/c1-4-18-11(15)9-8-7(17-3)6-13(14,10(8)9)12(16)19-5-2/h7-10H,4-6,14H2,1-3H3. The van der Waals surface area contributed by atoms with Gasteiger partial charge in [0.25, 0.3) is 0 Å². The molecule has 2 N–H and O–H groups in total. The summed E-state index contributed by atoms with van der Waals surface area (Å²) in [5.41, 5.74) is 5.08. The van der Waals surface area contributed by atoms with Gasteiger partial charge >= 0.3 is 11.9 Å². The second-order valence-electron chi connectivity index (χ2n) is 5.12. The Kier molecular flexibility index (Phi) is 3.82. The normalized spacial score (nSPS) is 39.6. The summed E-state index contributed by atoms with van der Waals surface area (Å²) in [5, 5.41) is 0. The molecule has 108 valence electrons. The summed E-state index contributed by atoms with van der Waals surface area (Å²) in [4.78, 5) is 23.9. The number of ether oxygens (including phenoxy) is 3. The monoisotopic (exact) mass is 271 g/mol. The molecule has 0 saturated heterocycles. The van der Waals surface area contributed by atoms with Gasteiger partial charge in [-0.1, -0.05) is 0 Å². The molecule has 0 bridgehead atoms. The summed E-state index contributed by atoms with van der Waals surface area (Å²) in [7, 11) is 1.57. The average molecular weight is 271 g/mol. The molecule has 0 amide bonds. The van der Waals surface area contributed by atoms with Gasteiger partial charge in [0.15, 0.2) is 0 Å². The average Bonchev–Trinajstić information content (AvgIpc) is 3.05. The van der Waals surface area contributed by atoms with Gasteiger partial charge in [-0.05, 0) is 13.8 Å². The highest BCUT2D eigenvalue weighted by atomic mass is 16.5. The van der Waals surface area contributed by atoms with E-state index in [1.807, 2.05) is 0 Å². The van der Waals surface area contributed by atoms with E-state index in [9.17, 15) is 9.59 Å². The third-order valence-electron chi connectivity index (χ3n) is 4.16. The zero-order valence-electron chi connectivity index (χ0n) is 11.5. The van der Waals surface area contributed by atoms with E-state index in [0.717, 1.165) is 0 Å². The van der Waals surface area contributed by atoms with Crippen LogP contribution >= 0.6 is 0 Å². The highest BCUT2D eigenvalue weighted by molar-refractivity contribution is 5.87. The van der Waals surface area contributed by atoms with Crippen LogP contribution in [0.25, 0.3) is 0 Å². The van der Waals surface area contributed by atoms with Gasteiger partial charge in [0, 0.05) is 25.4 Å². The Morgan fingerprint density at radius 2 is 1.89 bits per heavy atom. The zero-order chi connectivity index (χ0) is 14.2. The van der Waals surface area contributed by atoms with Gasteiger partial charge in [0.2, 0.25) is 0 Å². The molecular weight excluding hydrogens is 250 g/mol. The highest BCUT2D eigenvalue weighted by Crippen LogP contribution is 2.62. The quantitative estimate of drug-likeness (QED) is 0.713. The van der Waals surface area contributed by atoms with Crippen LogP contribution in [0.4, 0.5) is 0 Å². The Morgan fingerprint density at radius 3 is 2.42 bits per heavy atom. The Bertz CT molecular complexity index is 385. The van der Waals surface area contributed by atoms with Crippen LogP contribution in [0.3, 0.4) is 0 Å². The molecule has 6 heteroatoms. The second-order valence-corrected chi connectivity index (χ2v) is 5.12. The second kappa shape index (κ2) is 5.09. The van der Waals surface area contributed by atoms with Crippen molar-refractivity contribution in [2.45, 2.75) is 31.9 Å². The first-order valence-corrected chi connectivity index (χ1v) is 6.66. The largest absolute Gasteiger partial charge is 0.466 e. The van der Waals surface area contributed by atoms with Crippen molar-refractivity contribution in [2.24, 2.45) is 23.5 Å². The van der Waals surface area contributed by atoms with Crippen LogP contribution in [0.1, 0.15) is 20.3 Å². The fraction of sp³-hybridized carbons (Fsp3) is 0.846. The van der Waals surface area contributed by atoms with E-state index in [1.54, 1.807) is 21.0 Å². The maximum absolute atomic E-state index is 12.0. The lowest BCUT2D eigenvalue weighted by atomic mass is 9.91. The SMILES string of the molecule is CCOC(=O)C1C2C(OC)CC(N)(C(=O)OCC)C12. The van der Waals surface area contributed by atoms with Crippen molar-refractivity contribution in [3.05, 3.63) is 0 Å². The number of methoxy groups -OCH3 is 1. The van der Waals surface area contributed by atoms with E-state index in [-0.39, 0.29) is 36.4 Å². The van der Waals surface area contributed by atoms with Crippen molar-refractivity contribution in [3.63, 3.8) is 0 Å². The van der Waals surface area contributed by atoms with E-state index >= 15 is 0 Å². The first kappa shape index (κ1) is 14.3. The van der Waals surface area contributed by atoms with E-state index in [2.05, 4.69) is 0 Å². The van der Waals surface area contributed by atoms with Gasteiger partial charge in [-0.2, -0.15) is 0 Å². The molecule has 2 saturated carbocycles. The van der Waals surface area contributed by atoms with Crippen molar-refractivity contribution in [1.29, 1.82) is 0 Å². The number of hydrogen-bond acceptors (Lipinski definition) is 6. The minimum absolute atomic E-state index is 0.0292. The van der Waals surface area contributed by atoms with Crippen LogP contribution in [-0.4, -0.2) is 43.9 Å². The first-order valence-electron chi connectivity index (χ1n) is 6.66. The van der Waals surface area contributed by atoms with Crippen LogP contribution in [-0.2, 0) is 23.8 Å². The topological polar surface area (TPSA) is 87.9 Å². The molecule has 0 radical (unpaired) electrons. The number of nitrogens with two attached hydrogens (primary N) is 1. The summed E-state index contributed by atoms with van der Waals surface area (Å²) < 4.78 is 15.4. The number of carbonyl (C=O) groups excluding carboxylic acids is 2. The number of carbonyl (C=O) groups is 2. The van der Waals surface area contributed by atoms with Crippen molar-refractivity contribution >= 4 is 11.9 Å². The Balaban J connectivity index is 2.15. The maximum atomic E-state index is 12.0. The molecule has 0 aromatic rings. The number of fused-ring (bicyclic) bond motifs is 1. The highest BCUT2D eigenvalue weighted by Gasteiger charge is 2.74. The van der Waals surface area contributed by atoms with Crippen LogP contribution in [0, 0.1) is 17.8 Å². The molecule has 0 heterocycles. The summed E-state index contributed by atoms with van der Waals surface area (Å²) in [6, 6.07) is 0. The Labute approximate surface area is 112 Å². The lowest BCUT2D eigenvalue weighted by Gasteiger charge is -2.26. The molecule has 2 fully saturated rings. The van der Waals surface area contributed by atoms with Crippen molar-refractivity contribution in [2.75, 3.05) is 20.3 Å². The molecule has 0 aromatic carbocycles. The smallest absolute Gasteiger partial charge is 0.326 e. The molecule has 19 heavy (non-hydrogen) atoms. The fourth-order valence-electron chi connectivity index (χ4n) is 3.33. The molecule has 0 spiro atoms. The van der Waals surface area contributed by atoms with Gasteiger partial charge < -0.3 is 19.9 Å². The predicted octanol–water partition coefficient (Wildman–Crippen LogP) is 0.0910. The molecule has 2 aliphatic carbocycles. The van der Waals surface area contributed by atoms with E-state index < -0.39 is 11.5 Å². The third kappa shape index (κ3) is 2.12. The summed E-state index contributed by atoms with van der Waals surface area (Å²) >= 11 is 0. The molecule has 0 aromatic heterocycles. The van der Waals surface area contributed by atoms with Gasteiger partial charge in [-0.25, -0.2) is 0 Å². The zero-order valence-corrected chi connectivity index (χ0v) is 11.5. The van der Waals surface area contributed by atoms with Gasteiger partial charge in [-0.15, -0.1) is 0 Å². The molecule has 2 aliphatic rings. The van der Waals surface area contributed by atoms with E-state index in [4.69, 9.17) is 19.9 Å². The minimum Gasteiger partial charge on any atom is -0.466 e. The predicted molar refractivity (Wildman–Crippen MR) is 66.1 cm³/mol. The van der Waals surface area contributed by atoms with Crippen molar-refractivity contribution in [1.82, 2.24) is 0 Å². The number of hydrogen-bond donors (Lipinski definition) is 1. The van der Waals surface area contributed by atoms with Gasteiger partial charge in [0.05, 0.1) is 25.2 Å². The molecule has 2 rings (SSSR count). The number of rotatable bonds is 5. The first-order chi connectivity index (χ1) is 9.01. The number of esters is 2. The minimum atomic E-state index is -1.13. The third-order valence-corrected chi connectivity index (χ3v) is 4.16. The van der Waals surface area contributed by atoms with Crippen LogP contribution in [0.5, 0.6) is 0 Å². The van der Waals surface area contributed by atoms with Crippen LogP contribution in [0.15, 0.2) is 0 Å². The summed E-state index contributed by atoms with van der Waals surface area (Å²) in [5.74, 6) is -1.34. The lowest BCUT2D eigenvalue weighted by molar-refractivity contribution is -0.152.